The normalized spacial score (nSPS) is 9.81. The number of aryl methyl sites for hydroxylation is 1. The maximum atomic E-state index is 13.5. The Morgan fingerprint density at radius 1 is 1.38 bits per heavy atom. The molecule has 2 rings (SSSR count). The molecule has 0 aliphatic carbocycles. The largest absolute Gasteiger partial charge is 0.469 e. The minimum absolute atomic E-state index is 0.132. The van der Waals surface area contributed by atoms with E-state index in [4.69, 9.17) is 9.52 Å². The first-order valence-electron chi connectivity index (χ1n) is 6.40. The topological polar surface area (TPSA) is 62.5 Å². The van der Waals surface area contributed by atoms with Crippen molar-refractivity contribution in [3.8, 4) is 11.8 Å². The summed E-state index contributed by atoms with van der Waals surface area (Å²) < 4.78 is 18.6. The lowest BCUT2D eigenvalue weighted by Crippen LogP contribution is -2.12. The zero-order valence-electron chi connectivity index (χ0n) is 11.2. The number of aliphatic hydroxyl groups is 1. The van der Waals surface area contributed by atoms with Crippen LogP contribution in [0, 0.1) is 17.7 Å². The van der Waals surface area contributed by atoms with Crippen LogP contribution in [0.5, 0.6) is 0 Å². The van der Waals surface area contributed by atoms with Crippen molar-refractivity contribution < 1.29 is 18.7 Å². The first-order valence-corrected chi connectivity index (χ1v) is 6.40. The number of hydrogen-bond acceptors (Lipinski definition) is 3. The van der Waals surface area contributed by atoms with Gasteiger partial charge in [-0.05, 0) is 30.3 Å². The Kier molecular flexibility index (Phi) is 5.13. The standard InChI is InChI=1S/C16H14FNO3/c17-15-7-5-13(11-12(15)3-1-9-19)18-16(20)8-6-14-4-2-10-21-14/h2,4-5,7,10-11,19H,6,8-9H2,(H,18,20). The smallest absolute Gasteiger partial charge is 0.224 e. The summed E-state index contributed by atoms with van der Waals surface area (Å²) >= 11 is 0. The van der Waals surface area contributed by atoms with Gasteiger partial charge in [0.1, 0.15) is 18.2 Å². The molecule has 2 aromatic rings. The van der Waals surface area contributed by atoms with Crippen molar-refractivity contribution in [3.63, 3.8) is 0 Å². The highest BCUT2D eigenvalue weighted by Crippen LogP contribution is 2.14. The molecule has 0 atom stereocenters. The lowest BCUT2D eigenvalue weighted by atomic mass is 10.2. The summed E-state index contributed by atoms with van der Waals surface area (Å²) in [6.45, 7) is -0.348. The molecule has 1 amide bonds. The SMILES string of the molecule is O=C(CCc1ccco1)Nc1ccc(F)c(C#CCO)c1. The van der Waals surface area contributed by atoms with Gasteiger partial charge < -0.3 is 14.8 Å². The third kappa shape index (κ3) is 4.48. The van der Waals surface area contributed by atoms with Crippen molar-refractivity contribution in [2.75, 3.05) is 11.9 Å². The van der Waals surface area contributed by atoms with E-state index < -0.39 is 5.82 Å². The summed E-state index contributed by atoms with van der Waals surface area (Å²) in [7, 11) is 0. The minimum atomic E-state index is -0.496. The van der Waals surface area contributed by atoms with Gasteiger partial charge in [0.15, 0.2) is 0 Å². The maximum Gasteiger partial charge on any atom is 0.224 e. The number of carbonyl (C=O) groups excluding carboxylic acids is 1. The zero-order valence-corrected chi connectivity index (χ0v) is 11.2. The fourth-order valence-corrected chi connectivity index (χ4v) is 1.75. The predicted molar refractivity (Wildman–Crippen MR) is 76.0 cm³/mol. The average Bonchev–Trinajstić information content (AvgIpc) is 2.99. The summed E-state index contributed by atoms with van der Waals surface area (Å²) in [6, 6.07) is 7.68. The average molecular weight is 287 g/mol. The molecule has 0 bridgehead atoms. The van der Waals surface area contributed by atoms with Gasteiger partial charge in [-0.25, -0.2) is 4.39 Å². The Balaban J connectivity index is 1.97. The van der Waals surface area contributed by atoms with Crippen LogP contribution in [0.3, 0.4) is 0 Å². The summed E-state index contributed by atoms with van der Waals surface area (Å²) in [5.41, 5.74) is 0.593. The van der Waals surface area contributed by atoms with E-state index in [1.807, 2.05) is 0 Å². The van der Waals surface area contributed by atoms with Crippen molar-refractivity contribution >= 4 is 11.6 Å². The first kappa shape index (κ1) is 14.8. The molecule has 0 fully saturated rings. The number of hydrogen-bond donors (Lipinski definition) is 2. The van der Waals surface area contributed by atoms with Crippen LogP contribution in [0.15, 0.2) is 41.0 Å². The molecule has 4 nitrogen and oxygen atoms in total. The summed E-state index contributed by atoms with van der Waals surface area (Å²) in [6.07, 6.45) is 2.32. The summed E-state index contributed by atoms with van der Waals surface area (Å²) in [4.78, 5) is 11.8. The second-order valence-corrected chi connectivity index (χ2v) is 4.28. The molecule has 5 heteroatoms. The van der Waals surface area contributed by atoms with E-state index in [0.29, 0.717) is 12.1 Å². The van der Waals surface area contributed by atoms with E-state index in [1.54, 1.807) is 18.4 Å². The van der Waals surface area contributed by atoms with Crippen LogP contribution in [-0.2, 0) is 11.2 Å². The predicted octanol–water partition coefficient (Wildman–Crippen LogP) is 2.33. The highest BCUT2D eigenvalue weighted by Gasteiger charge is 2.07. The Morgan fingerprint density at radius 2 is 2.24 bits per heavy atom. The van der Waals surface area contributed by atoms with E-state index in [0.717, 1.165) is 5.76 Å². The number of aliphatic hydroxyl groups excluding tert-OH is 1. The van der Waals surface area contributed by atoms with Crippen molar-refractivity contribution in [2.45, 2.75) is 12.8 Å². The quantitative estimate of drug-likeness (QED) is 0.848. The molecule has 0 saturated carbocycles. The minimum Gasteiger partial charge on any atom is -0.469 e. The van der Waals surface area contributed by atoms with E-state index in [9.17, 15) is 9.18 Å². The van der Waals surface area contributed by atoms with Crippen LogP contribution in [-0.4, -0.2) is 17.6 Å². The highest BCUT2D eigenvalue weighted by atomic mass is 19.1. The second kappa shape index (κ2) is 7.27. The van der Waals surface area contributed by atoms with Gasteiger partial charge in [-0.15, -0.1) is 0 Å². The van der Waals surface area contributed by atoms with Crippen LogP contribution in [0.2, 0.25) is 0 Å². The van der Waals surface area contributed by atoms with Crippen molar-refractivity contribution in [2.24, 2.45) is 0 Å². The van der Waals surface area contributed by atoms with Crippen molar-refractivity contribution in [1.29, 1.82) is 0 Å². The number of benzene rings is 1. The van der Waals surface area contributed by atoms with Crippen molar-refractivity contribution in [3.05, 3.63) is 53.7 Å². The molecule has 1 heterocycles. The van der Waals surface area contributed by atoms with Gasteiger partial charge >= 0.3 is 0 Å². The molecular formula is C16H14FNO3. The first-order chi connectivity index (χ1) is 10.2. The fourth-order valence-electron chi connectivity index (χ4n) is 1.75. The van der Waals surface area contributed by atoms with E-state index >= 15 is 0 Å². The van der Waals surface area contributed by atoms with Crippen LogP contribution in [0.4, 0.5) is 10.1 Å². The number of rotatable bonds is 4. The molecule has 108 valence electrons. The molecule has 0 unspecified atom stereocenters. The molecule has 0 radical (unpaired) electrons. The van der Waals surface area contributed by atoms with Gasteiger partial charge in [0.25, 0.3) is 0 Å². The Morgan fingerprint density at radius 3 is 2.95 bits per heavy atom. The molecule has 1 aromatic carbocycles. The number of halogens is 1. The number of anilines is 1. The molecule has 0 aliphatic heterocycles. The van der Waals surface area contributed by atoms with E-state index in [2.05, 4.69) is 17.2 Å². The Bertz CT molecular complexity index is 669. The lowest BCUT2D eigenvalue weighted by molar-refractivity contribution is -0.116. The van der Waals surface area contributed by atoms with Gasteiger partial charge in [-0.1, -0.05) is 11.8 Å². The lowest BCUT2D eigenvalue weighted by Gasteiger charge is -2.05. The number of nitrogens with one attached hydrogen (secondary N) is 1. The third-order valence-electron chi connectivity index (χ3n) is 2.73. The van der Waals surface area contributed by atoms with Gasteiger partial charge in [0.05, 0.1) is 11.8 Å². The molecule has 21 heavy (non-hydrogen) atoms. The Hall–Kier alpha value is -2.58. The number of amides is 1. The van der Waals surface area contributed by atoms with Gasteiger partial charge in [-0.2, -0.15) is 0 Å². The molecule has 2 N–H and O–H groups in total. The summed E-state index contributed by atoms with van der Waals surface area (Å²) in [5.74, 6) is 4.90. The second-order valence-electron chi connectivity index (χ2n) is 4.28. The highest BCUT2D eigenvalue weighted by molar-refractivity contribution is 5.91. The zero-order chi connectivity index (χ0) is 15.1. The van der Waals surface area contributed by atoms with E-state index in [-0.39, 0.29) is 24.5 Å². The van der Waals surface area contributed by atoms with Crippen LogP contribution >= 0.6 is 0 Å². The molecular weight excluding hydrogens is 273 g/mol. The monoisotopic (exact) mass is 287 g/mol. The summed E-state index contributed by atoms with van der Waals surface area (Å²) in [5, 5.41) is 11.3. The molecule has 0 saturated heterocycles. The molecule has 1 aromatic heterocycles. The fraction of sp³-hybridized carbons (Fsp3) is 0.188. The third-order valence-corrected chi connectivity index (χ3v) is 2.73. The van der Waals surface area contributed by atoms with Crippen LogP contribution < -0.4 is 5.32 Å². The Labute approximate surface area is 121 Å². The van der Waals surface area contributed by atoms with Gasteiger partial charge in [0, 0.05) is 18.5 Å². The maximum absolute atomic E-state index is 13.5. The number of furan rings is 1. The van der Waals surface area contributed by atoms with Gasteiger partial charge in [-0.3, -0.25) is 4.79 Å². The van der Waals surface area contributed by atoms with Crippen LogP contribution in [0.1, 0.15) is 17.7 Å². The van der Waals surface area contributed by atoms with Gasteiger partial charge in [0.2, 0.25) is 5.91 Å². The van der Waals surface area contributed by atoms with Crippen molar-refractivity contribution in [1.82, 2.24) is 0 Å². The van der Waals surface area contributed by atoms with Crippen LogP contribution in [0.25, 0.3) is 0 Å². The molecule has 0 aliphatic rings. The number of carbonyl (C=O) groups is 1. The van der Waals surface area contributed by atoms with E-state index in [1.165, 1.54) is 18.2 Å². The molecule has 0 spiro atoms.